The molecular weight excluding hydrogens is 132 g/mol. The van der Waals surface area contributed by atoms with E-state index in [1.165, 1.54) is 11.8 Å². The summed E-state index contributed by atoms with van der Waals surface area (Å²) >= 11 is 1.40. The van der Waals surface area contributed by atoms with Gasteiger partial charge in [0.15, 0.2) is 0 Å². The molecule has 9 heavy (non-hydrogen) atoms. The maximum absolute atomic E-state index is 5.45. The molecular formula is C6H12N2S. The molecule has 0 bridgehead atoms. The normalized spacial score (nSPS) is 12.7. The molecule has 0 radical (unpaired) electrons. The fourth-order valence-corrected chi connectivity index (χ4v) is 0.831. The van der Waals surface area contributed by atoms with Crippen molar-refractivity contribution in [3.8, 4) is 0 Å². The first kappa shape index (κ1) is 8.43. The summed E-state index contributed by atoms with van der Waals surface area (Å²) in [5, 5.41) is 0.581. The summed E-state index contributed by atoms with van der Waals surface area (Å²) in [7, 11) is 0. The van der Waals surface area contributed by atoms with Crippen LogP contribution in [0.25, 0.3) is 0 Å². The van der Waals surface area contributed by atoms with E-state index in [2.05, 4.69) is 6.58 Å². The second-order valence-corrected chi connectivity index (χ2v) is 3.15. The summed E-state index contributed by atoms with van der Waals surface area (Å²) in [5.41, 5.74) is 11.6. The van der Waals surface area contributed by atoms with Gasteiger partial charge in [-0.15, -0.1) is 0 Å². The van der Waals surface area contributed by atoms with E-state index in [9.17, 15) is 0 Å². The lowest BCUT2D eigenvalue weighted by atomic mass is 10.5. The number of nitrogens with two attached hydrogens (primary N) is 2. The van der Waals surface area contributed by atoms with Crippen LogP contribution in [0.2, 0.25) is 0 Å². The zero-order valence-electron chi connectivity index (χ0n) is 5.77. The molecule has 52 valence electrons. The second-order valence-electron chi connectivity index (χ2n) is 1.81. The van der Waals surface area contributed by atoms with Crippen LogP contribution in [0.4, 0.5) is 0 Å². The molecule has 4 N–H and O–H groups in total. The summed E-state index contributed by atoms with van der Waals surface area (Å²) in [5.74, 6) is 0. The Labute approximate surface area is 60.0 Å². The van der Waals surface area contributed by atoms with Crippen molar-refractivity contribution >= 4 is 11.8 Å². The predicted octanol–water partition coefficient (Wildman–Crippen LogP) is 1.36. The Hall–Kier alpha value is -0.570. The third kappa shape index (κ3) is 3.97. The molecule has 0 heterocycles. The van der Waals surface area contributed by atoms with E-state index < -0.39 is 0 Å². The van der Waals surface area contributed by atoms with Gasteiger partial charge >= 0.3 is 0 Å². The van der Waals surface area contributed by atoms with Crippen molar-refractivity contribution in [2.75, 3.05) is 0 Å². The second kappa shape index (κ2) is 3.45. The zero-order chi connectivity index (χ0) is 7.44. The van der Waals surface area contributed by atoms with Crippen LogP contribution in [-0.2, 0) is 0 Å². The molecule has 0 unspecified atom stereocenters. The van der Waals surface area contributed by atoms with E-state index in [0.717, 1.165) is 10.6 Å². The smallest absolute Gasteiger partial charge is 0.0627 e. The van der Waals surface area contributed by atoms with Crippen molar-refractivity contribution < 1.29 is 0 Å². The van der Waals surface area contributed by atoms with Gasteiger partial charge in [0, 0.05) is 10.6 Å². The monoisotopic (exact) mass is 144 g/mol. The van der Waals surface area contributed by atoms with Gasteiger partial charge < -0.3 is 11.5 Å². The minimum atomic E-state index is 0.581. The topological polar surface area (TPSA) is 52.0 Å². The highest BCUT2D eigenvalue weighted by molar-refractivity contribution is 8.06. The van der Waals surface area contributed by atoms with Gasteiger partial charge in [-0.05, 0) is 13.8 Å². The summed E-state index contributed by atoms with van der Waals surface area (Å²) in [6.45, 7) is 7.28. The largest absolute Gasteiger partial charge is 0.402 e. The lowest BCUT2D eigenvalue weighted by molar-refractivity contribution is 1.28. The molecule has 0 saturated heterocycles. The molecule has 0 aliphatic carbocycles. The third-order valence-corrected chi connectivity index (χ3v) is 1.73. The van der Waals surface area contributed by atoms with Gasteiger partial charge in [-0.25, -0.2) is 0 Å². The molecule has 0 aliphatic heterocycles. The molecule has 3 heteroatoms. The molecule has 0 amide bonds. The molecule has 0 saturated carbocycles. The average molecular weight is 144 g/mol. The van der Waals surface area contributed by atoms with Crippen molar-refractivity contribution in [3.05, 3.63) is 22.2 Å². The molecule has 0 spiro atoms. The molecule has 0 aromatic rings. The number of rotatable bonds is 2. The zero-order valence-corrected chi connectivity index (χ0v) is 6.59. The van der Waals surface area contributed by atoms with Crippen LogP contribution in [0.3, 0.4) is 0 Å². The maximum Gasteiger partial charge on any atom is 0.0627 e. The Bertz CT molecular complexity index is 145. The van der Waals surface area contributed by atoms with Crippen LogP contribution >= 0.6 is 11.8 Å². The SMILES string of the molecule is C=C(N)S/C(C)=C(/C)N. The Kier molecular flexibility index (Phi) is 3.24. The number of allylic oxidation sites excluding steroid dienone is 2. The number of hydrogen-bond acceptors (Lipinski definition) is 3. The Morgan fingerprint density at radius 3 is 1.89 bits per heavy atom. The fourth-order valence-electron chi connectivity index (χ4n) is 0.277. The van der Waals surface area contributed by atoms with Crippen LogP contribution < -0.4 is 11.5 Å². The molecule has 2 nitrogen and oxygen atoms in total. The van der Waals surface area contributed by atoms with Gasteiger partial charge in [0.2, 0.25) is 0 Å². The molecule has 0 aliphatic rings. The van der Waals surface area contributed by atoms with E-state index in [-0.39, 0.29) is 0 Å². The van der Waals surface area contributed by atoms with Crippen LogP contribution in [-0.4, -0.2) is 0 Å². The highest BCUT2D eigenvalue weighted by Gasteiger charge is 1.92. The van der Waals surface area contributed by atoms with Crippen molar-refractivity contribution in [3.63, 3.8) is 0 Å². The first-order valence-electron chi connectivity index (χ1n) is 2.59. The van der Waals surface area contributed by atoms with Crippen molar-refractivity contribution in [1.29, 1.82) is 0 Å². The van der Waals surface area contributed by atoms with Crippen molar-refractivity contribution in [2.45, 2.75) is 13.8 Å². The lowest BCUT2D eigenvalue weighted by Crippen LogP contribution is -1.95. The Morgan fingerprint density at radius 1 is 1.33 bits per heavy atom. The molecule has 0 aromatic carbocycles. The Balaban J connectivity index is 3.92. The van der Waals surface area contributed by atoms with Gasteiger partial charge in [0.25, 0.3) is 0 Å². The van der Waals surface area contributed by atoms with Crippen LogP contribution in [0.1, 0.15) is 13.8 Å². The van der Waals surface area contributed by atoms with Gasteiger partial charge in [0.1, 0.15) is 0 Å². The number of hydrogen-bond donors (Lipinski definition) is 2. The highest BCUT2D eigenvalue weighted by Crippen LogP contribution is 2.20. The number of thioether (sulfide) groups is 1. The summed E-state index contributed by atoms with van der Waals surface area (Å²) < 4.78 is 0. The van der Waals surface area contributed by atoms with E-state index in [1.54, 1.807) is 0 Å². The summed E-state index contributed by atoms with van der Waals surface area (Å²) in [6.07, 6.45) is 0. The van der Waals surface area contributed by atoms with Gasteiger partial charge in [0.05, 0.1) is 5.03 Å². The average Bonchev–Trinajstić information content (AvgIpc) is 1.63. The first-order valence-corrected chi connectivity index (χ1v) is 3.41. The molecule has 0 atom stereocenters. The highest BCUT2D eigenvalue weighted by atomic mass is 32.2. The fraction of sp³-hybridized carbons (Fsp3) is 0.333. The van der Waals surface area contributed by atoms with Crippen LogP contribution in [0, 0.1) is 0 Å². The van der Waals surface area contributed by atoms with E-state index in [4.69, 9.17) is 11.5 Å². The van der Waals surface area contributed by atoms with Crippen LogP contribution in [0.5, 0.6) is 0 Å². The standard InChI is InChI=1S/C6H12N2S/c1-4(7)5(2)9-6(3)8/h3,7-8H2,1-2H3/b5-4-. The predicted molar refractivity (Wildman–Crippen MR) is 43.5 cm³/mol. The van der Waals surface area contributed by atoms with Crippen molar-refractivity contribution in [1.82, 2.24) is 0 Å². The van der Waals surface area contributed by atoms with E-state index >= 15 is 0 Å². The quantitative estimate of drug-likeness (QED) is 0.615. The minimum absolute atomic E-state index is 0.581. The Morgan fingerprint density at radius 2 is 1.78 bits per heavy atom. The van der Waals surface area contributed by atoms with Gasteiger partial charge in [-0.2, -0.15) is 0 Å². The minimum Gasteiger partial charge on any atom is -0.402 e. The molecule has 0 fully saturated rings. The molecule has 0 rings (SSSR count). The summed E-state index contributed by atoms with van der Waals surface area (Å²) in [4.78, 5) is 1.02. The molecule has 0 aromatic heterocycles. The lowest BCUT2D eigenvalue weighted by Gasteiger charge is -2.00. The summed E-state index contributed by atoms with van der Waals surface area (Å²) in [6, 6.07) is 0. The maximum atomic E-state index is 5.45. The first-order chi connectivity index (χ1) is 4.04. The van der Waals surface area contributed by atoms with E-state index in [0.29, 0.717) is 5.03 Å². The van der Waals surface area contributed by atoms with Gasteiger partial charge in [-0.1, -0.05) is 18.3 Å². The van der Waals surface area contributed by atoms with Crippen molar-refractivity contribution in [2.24, 2.45) is 11.5 Å². The van der Waals surface area contributed by atoms with E-state index in [1.807, 2.05) is 13.8 Å². The third-order valence-electron chi connectivity index (χ3n) is 0.840. The van der Waals surface area contributed by atoms with Crippen LogP contribution in [0.15, 0.2) is 22.2 Å². The van der Waals surface area contributed by atoms with Gasteiger partial charge in [-0.3, -0.25) is 0 Å².